The summed E-state index contributed by atoms with van der Waals surface area (Å²) in [5.74, 6) is 0.564. The Labute approximate surface area is 161 Å². The highest BCUT2D eigenvalue weighted by atomic mass is 16.5. The van der Waals surface area contributed by atoms with Crippen molar-refractivity contribution in [3.05, 3.63) is 59.7 Å². The van der Waals surface area contributed by atoms with Crippen LogP contribution in [0.3, 0.4) is 0 Å². The van der Waals surface area contributed by atoms with Crippen molar-refractivity contribution in [2.75, 3.05) is 25.0 Å². The number of hydrogen-bond donors (Lipinski definition) is 1. The van der Waals surface area contributed by atoms with Crippen LogP contribution < -0.4 is 10.1 Å². The minimum atomic E-state index is -0.196. The molecule has 0 bridgehead atoms. The maximum absolute atomic E-state index is 12.4. The van der Waals surface area contributed by atoms with Gasteiger partial charge in [-0.25, -0.2) is 0 Å². The maximum atomic E-state index is 12.4. The van der Waals surface area contributed by atoms with E-state index < -0.39 is 0 Å². The van der Waals surface area contributed by atoms with E-state index in [9.17, 15) is 9.59 Å². The number of carbonyl (C=O) groups is 2. The molecule has 0 spiro atoms. The average Bonchev–Trinajstić information content (AvgIpc) is 2.70. The number of rotatable bonds is 9. The maximum Gasteiger partial charge on any atom is 0.255 e. The topological polar surface area (TPSA) is 58.6 Å². The van der Waals surface area contributed by atoms with Crippen LogP contribution in [0.25, 0.3) is 0 Å². The number of nitrogens with zero attached hydrogens (tertiary/aromatic N) is 1. The van der Waals surface area contributed by atoms with Gasteiger partial charge in [-0.2, -0.15) is 0 Å². The third-order valence-corrected chi connectivity index (χ3v) is 4.32. The first-order valence-electron chi connectivity index (χ1n) is 9.52. The molecule has 2 aromatic carbocycles. The Morgan fingerprint density at radius 3 is 2.04 bits per heavy atom. The number of ether oxygens (including phenoxy) is 1. The summed E-state index contributed by atoms with van der Waals surface area (Å²) in [5, 5.41) is 2.85. The van der Waals surface area contributed by atoms with Crippen molar-refractivity contribution < 1.29 is 14.3 Å². The van der Waals surface area contributed by atoms with Crippen molar-refractivity contribution >= 4 is 17.5 Å². The summed E-state index contributed by atoms with van der Waals surface area (Å²) in [7, 11) is 0. The fourth-order valence-corrected chi connectivity index (χ4v) is 2.63. The van der Waals surface area contributed by atoms with Gasteiger partial charge in [0.2, 0.25) is 0 Å². The average molecular weight is 368 g/mol. The van der Waals surface area contributed by atoms with Crippen molar-refractivity contribution in [1.29, 1.82) is 0 Å². The summed E-state index contributed by atoms with van der Waals surface area (Å²) in [6, 6.07) is 14.1. The van der Waals surface area contributed by atoms with Crippen LogP contribution in [-0.2, 0) is 0 Å². The second-order valence-electron chi connectivity index (χ2n) is 6.24. The van der Waals surface area contributed by atoms with E-state index in [1.165, 1.54) is 0 Å². The molecule has 1 N–H and O–H groups in total. The van der Waals surface area contributed by atoms with Crippen LogP contribution in [0.1, 0.15) is 54.3 Å². The molecule has 5 heteroatoms. The number of hydrogen-bond acceptors (Lipinski definition) is 3. The van der Waals surface area contributed by atoms with E-state index in [1.807, 2.05) is 13.8 Å². The van der Waals surface area contributed by atoms with Crippen molar-refractivity contribution in [2.24, 2.45) is 0 Å². The van der Waals surface area contributed by atoms with E-state index in [0.29, 0.717) is 36.5 Å². The molecule has 0 radical (unpaired) electrons. The lowest BCUT2D eigenvalue weighted by Gasteiger charge is -2.18. The first-order valence-corrected chi connectivity index (χ1v) is 9.52. The van der Waals surface area contributed by atoms with E-state index in [2.05, 4.69) is 12.2 Å². The second kappa shape index (κ2) is 10.4. The Balaban J connectivity index is 1.96. The van der Waals surface area contributed by atoms with Gasteiger partial charge in [0.05, 0.1) is 6.61 Å². The summed E-state index contributed by atoms with van der Waals surface area (Å²) in [4.78, 5) is 26.5. The number of carbonyl (C=O) groups excluding carboxylic acids is 2. The quantitative estimate of drug-likeness (QED) is 0.658. The molecule has 0 fully saturated rings. The first-order chi connectivity index (χ1) is 13.1. The van der Waals surface area contributed by atoms with Gasteiger partial charge in [0.25, 0.3) is 11.8 Å². The van der Waals surface area contributed by atoms with Crippen molar-refractivity contribution in [2.45, 2.75) is 33.6 Å². The molecule has 0 atom stereocenters. The molecule has 2 rings (SSSR count). The standard InChI is InChI=1S/C22H28N2O3/c1-4-7-16-27-20-14-10-17(11-15-20)21(25)23-19-12-8-18(9-13-19)22(26)24(5-2)6-3/h8-15H,4-7,16H2,1-3H3,(H,23,25). The van der Waals surface area contributed by atoms with Crippen molar-refractivity contribution in [3.63, 3.8) is 0 Å². The van der Waals surface area contributed by atoms with Gasteiger partial charge in [-0.3, -0.25) is 9.59 Å². The third-order valence-electron chi connectivity index (χ3n) is 4.32. The summed E-state index contributed by atoms with van der Waals surface area (Å²) in [6.45, 7) is 8.05. The lowest BCUT2D eigenvalue weighted by Crippen LogP contribution is -2.30. The molecule has 0 aliphatic heterocycles. The lowest BCUT2D eigenvalue weighted by atomic mass is 10.1. The zero-order chi connectivity index (χ0) is 19.6. The van der Waals surface area contributed by atoms with Gasteiger partial charge in [-0.15, -0.1) is 0 Å². The fourth-order valence-electron chi connectivity index (χ4n) is 2.63. The largest absolute Gasteiger partial charge is 0.494 e. The summed E-state index contributed by atoms with van der Waals surface area (Å²) >= 11 is 0. The molecule has 0 aromatic heterocycles. The van der Waals surface area contributed by atoms with Crippen LogP contribution in [0, 0.1) is 0 Å². The predicted molar refractivity (Wildman–Crippen MR) is 108 cm³/mol. The van der Waals surface area contributed by atoms with Crippen LogP contribution in [0.15, 0.2) is 48.5 Å². The molecule has 0 saturated heterocycles. The molecular weight excluding hydrogens is 340 g/mol. The molecule has 0 aliphatic rings. The number of nitrogens with one attached hydrogen (secondary N) is 1. The van der Waals surface area contributed by atoms with E-state index >= 15 is 0 Å². The van der Waals surface area contributed by atoms with Gasteiger partial charge in [0.1, 0.15) is 5.75 Å². The number of unbranched alkanes of at least 4 members (excludes halogenated alkanes) is 1. The zero-order valence-corrected chi connectivity index (χ0v) is 16.3. The molecule has 144 valence electrons. The molecule has 0 heterocycles. The molecule has 0 unspecified atom stereocenters. The lowest BCUT2D eigenvalue weighted by molar-refractivity contribution is 0.0773. The molecule has 2 aromatic rings. The van der Waals surface area contributed by atoms with Gasteiger partial charge < -0.3 is 15.0 Å². The molecule has 5 nitrogen and oxygen atoms in total. The van der Waals surface area contributed by atoms with Gasteiger partial charge in [-0.05, 0) is 68.8 Å². The van der Waals surface area contributed by atoms with Crippen LogP contribution >= 0.6 is 0 Å². The van der Waals surface area contributed by atoms with Gasteiger partial charge >= 0.3 is 0 Å². The Kier molecular flexibility index (Phi) is 7.86. The zero-order valence-electron chi connectivity index (χ0n) is 16.3. The summed E-state index contributed by atoms with van der Waals surface area (Å²) < 4.78 is 5.61. The number of benzene rings is 2. The van der Waals surface area contributed by atoms with E-state index in [1.54, 1.807) is 53.4 Å². The van der Waals surface area contributed by atoms with Crippen LogP contribution in [0.2, 0.25) is 0 Å². The van der Waals surface area contributed by atoms with Gasteiger partial charge in [0, 0.05) is 29.9 Å². The van der Waals surface area contributed by atoms with Crippen LogP contribution in [0.4, 0.5) is 5.69 Å². The molecule has 27 heavy (non-hydrogen) atoms. The van der Waals surface area contributed by atoms with E-state index in [0.717, 1.165) is 18.6 Å². The SMILES string of the molecule is CCCCOc1ccc(C(=O)Nc2ccc(C(=O)N(CC)CC)cc2)cc1. The molecule has 0 saturated carbocycles. The van der Waals surface area contributed by atoms with Crippen molar-refractivity contribution in [3.8, 4) is 5.75 Å². The minimum Gasteiger partial charge on any atom is -0.494 e. The second-order valence-corrected chi connectivity index (χ2v) is 6.24. The highest BCUT2D eigenvalue weighted by Crippen LogP contribution is 2.16. The monoisotopic (exact) mass is 368 g/mol. The van der Waals surface area contributed by atoms with Crippen LogP contribution in [-0.4, -0.2) is 36.4 Å². The smallest absolute Gasteiger partial charge is 0.255 e. The summed E-state index contributed by atoms with van der Waals surface area (Å²) in [6.07, 6.45) is 2.09. The first kappa shape index (κ1) is 20.5. The van der Waals surface area contributed by atoms with E-state index in [-0.39, 0.29) is 11.8 Å². The van der Waals surface area contributed by atoms with Crippen LogP contribution in [0.5, 0.6) is 5.75 Å². The third kappa shape index (κ3) is 5.84. The molecule has 2 amide bonds. The highest BCUT2D eigenvalue weighted by molar-refractivity contribution is 6.04. The Morgan fingerprint density at radius 2 is 1.48 bits per heavy atom. The normalized spacial score (nSPS) is 10.3. The molecule has 0 aliphatic carbocycles. The molecular formula is C22H28N2O3. The summed E-state index contributed by atoms with van der Waals surface area (Å²) in [5.41, 5.74) is 1.82. The number of anilines is 1. The Hall–Kier alpha value is -2.82. The van der Waals surface area contributed by atoms with Crippen molar-refractivity contribution in [1.82, 2.24) is 4.90 Å². The minimum absolute atomic E-state index is 0.00321. The fraction of sp³-hybridized carbons (Fsp3) is 0.364. The Morgan fingerprint density at radius 1 is 0.889 bits per heavy atom. The Bertz CT molecular complexity index is 735. The van der Waals surface area contributed by atoms with Gasteiger partial charge in [0.15, 0.2) is 0 Å². The van der Waals surface area contributed by atoms with Gasteiger partial charge in [-0.1, -0.05) is 13.3 Å². The number of amides is 2. The predicted octanol–water partition coefficient (Wildman–Crippen LogP) is 4.60. The van der Waals surface area contributed by atoms with E-state index in [4.69, 9.17) is 4.74 Å². The highest BCUT2D eigenvalue weighted by Gasteiger charge is 2.12.